The number of carbonyl (C=O) groups is 6. The van der Waals surface area contributed by atoms with Crippen molar-refractivity contribution < 1.29 is 101 Å². The molecule has 20 nitrogen and oxygen atoms in total. The first kappa shape index (κ1) is 83.3. The van der Waals surface area contributed by atoms with E-state index in [2.05, 4.69) is 73.8 Å². The number of nitrogens with one attached hydrogen (secondary N) is 3. The first-order chi connectivity index (χ1) is 50.6. The predicted molar refractivity (Wildman–Crippen MR) is 392 cm³/mol. The van der Waals surface area contributed by atoms with Crippen LogP contribution in [-0.4, -0.2) is 108 Å². The van der Waals surface area contributed by atoms with Crippen LogP contribution in [0.1, 0.15) is 76.6 Å². The van der Waals surface area contributed by atoms with E-state index in [4.69, 9.17) is 37.0 Å². The highest BCUT2D eigenvalue weighted by atomic mass is 127. The number of unbranched alkanes of at least 4 members (excludes halogenated alkanes) is 1. The van der Waals surface area contributed by atoms with Crippen LogP contribution in [0.15, 0.2) is 156 Å². The van der Waals surface area contributed by atoms with Gasteiger partial charge in [-0.1, -0.05) is 55.3 Å². The number of alkyl halides is 12. The van der Waals surface area contributed by atoms with E-state index in [-0.39, 0.29) is 76.3 Å². The van der Waals surface area contributed by atoms with Crippen molar-refractivity contribution in [2.75, 3.05) is 19.7 Å². The predicted octanol–water partition coefficient (Wildman–Crippen LogP) is 18.3. The molecule has 2 atom stereocenters. The van der Waals surface area contributed by atoms with Crippen molar-refractivity contribution >= 4 is 199 Å². The van der Waals surface area contributed by atoms with Crippen molar-refractivity contribution in [3.63, 3.8) is 0 Å². The number of nitrogens with two attached hydrogens (primary N) is 1. The van der Waals surface area contributed by atoms with Gasteiger partial charge in [-0.3, -0.25) is 44.3 Å². The van der Waals surface area contributed by atoms with Gasteiger partial charge in [0.15, 0.2) is 0 Å². The molecule has 40 heteroatoms. The topological polar surface area (TPSA) is 301 Å². The Kier molecular flexibility index (Phi) is 29.1. The average molecular weight is 1740 g/mol. The van der Waals surface area contributed by atoms with Crippen LogP contribution in [0, 0.1) is 3.57 Å². The maximum absolute atomic E-state index is 13.3. The summed E-state index contributed by atoms with van der Waals surface area (Å²) in [5.74, 6) is -4.75. The Morgan fingerprint density at radius 2 is 0.916 bits per heavy atom. The molecular formula is C67H50ClF12IN10O10S6. The van der Waals surface area contributed by atoms with Crippen LogP contribution < -0.4 is 21.7 Å². The zero-order chi connectivity index (χ0) is 78.0. The van der Waals surface area contributed by atoms with Gasteiger partial charge in [-0.25, -0.2) is 14.4 Å². The lowest BCUT2D eigenvalue weighted by atomic mass is 10.2. The van der Waals surface area contributed by atoms with Gasteiger partial charge in [0, 0.05) is 53.8 Å². The van der Waals surface area contributed by atoms with E-state index in [0.717, 1.165) is 93.0 Å². The molecule has 107 heavy (non-hydrogen) atoms. The monoisotopic (exact) mass is 1740 g/mol. The highest BCUT2D eigenvalue weighted by Gasteiger charge is 2.37. The van der Waals surface area contributed by atoms with Gasteiger partial charge in [-0.15, -0.1) is 68.0 Å². The number of ether oxygens (including phenoxy) is 2. The molecule has 3 amide bonds. The summed E-state index contributed by atoms with van der Waals surface area (Å²) in [7, 11) is 0. The van der Waals surface area contributed by atoms with E-state index in [1.54, 1.807) is 70.6 Å². The standard InChI is InChI=1S/C24H24F3N3O5S.C12H10F3N3O3S.C9H4F3NO2S.C8H4F3NS.C7H4ClNS.C7H4INS/c1-2-3-11-34-22(32)18(30-23(33)35-14-15-7-5-4-6-8-15)13-29-21(31)19-12-17-20(36-19)16(9-10-28-17)24(25,26)27;13-12(14,15)5-1-2-17-7-3-8(22-9(5)7)10(19)18-4-6(16)11(20)21;10-9(11,12)4-1-2-13-5-3-6(8(14)15)16-7(4)5;9-8(10,11)5-1-3-12-6-2-4-13-7(5)6;2*8-5-1-3-9-6-2-4-10-7(5)6/h4-10,12,18H,2-3,11,13-14H2,1H3,(H,29,31)(H,30,33);1-3,6H,4,16H2,(H,18,19)(H,20,21);1-3H,(H,14,15);1-4H;2*1-4H/t18-;6-;;;;/m11..../s1. The molecule has 0 saturated heterocycles. The summed E-state index contributed by atoms with van der Waals surface area (Å²) < 4.78 is 167. The number of benzene rings is 1. The Morgan fingerprint density at radius 1 is 0.514 bits per heavy atom. The lowest BCUT2D eigenvalue weighted by Gasteiger charge is -2.18. The van der Waals surface area contributed by atoms with E-state index in [9.17, 15) is 81.5 Å². The first-order valence-corrected chi connectivity index (χ1v) is 36.8. The van der Waals surface area contributed by atoms with Gasteiger partial charge in [0.05, 0.1) is 105 Å². The van der Waals surface area contributed by atoms with Crippen LogP contribution in [-0.2, 0) is 50.4 Å². The molecule has 0 aliphatic rings. The first-order valence-electron chi connectivity index (χ1n) is 30.3. The van der Waals surface area contributed by atoms with Crippen LogP contribution in [0.3, 0.4) is 0 Å². The van der Waals surface area contributed by atoms with E-state index in [0.29, 0.717) is 45.9 Å². The fourth-order valence-electron chi connectivity index (χ4n) is 8.77. The molecule has 1 aromatic carbocycles. The molecule has 0 aliphatic heterocycles. The number of nitrogens with zero attached hydrogens (tertiary/aromatic N) is 6. The van der Waals surface area contributed by atoms with Gasteiger partial charge < -0.3 is 41.4 Å². The smallest absolute Gasteiger partial charge is 0.417 e. The van der Waals surface area contributed by atoms with Crippen LogP contribution in [0.2, 0.25) is 5.02 Å². The fourth-order valence-corrected chi connectivity index (χ4v) is 15.4. The summed E-state index contributed by atoms with van der Waals surface area (Å²) in [6, 6.07) is 22.8. The molecule has 7 N–H and O–H groups in total. The van der Waals surface area contributed by atoms with E-state index < -0.39 is 94.9 Å². The number of amides is 3. The molecule has 0 bridgehead atoms. The number of aromatic nitrogens is 6. The lowest BCUT2D eigenvalue weighted by molar-refractivity contribution is -0.146. The number of thiophene rings is 6. The molecule has 0 spiro atoms. The van der Waals surface area contributed by atoms with Crippen LogP contribution in [0.25, 0.3) is 61.3 Å². The van der Waals surface area contributed by atoms with Crippen molar-refractivity contribution in [3.05, 3.63) is 207 Å². The van der Waals surface area contributed by atoms with Gasteiger partial charge in [0.25, 0.3) is 11.8 Å². The van der Waals surface area contributed by atoms with Crippen LogP contribution in [0.4, 0.5) is 57.5 Å². The second-order valence-corrected chi connectivity index (χ2v) is 28.8. The Bertz CT molecular complexity index is 5180. The van der Waals surface area contributed by atoms with Gasteiger partial charge >= 0.3 is 48.7 Å². The summed E-state index contributed by atoms with van der Waals surface area (Å²) in [5, 5.41) is 30.8. The van der Waals surface area contributed by atoms with Crippen LogP contribution >= 0.6 is 102 Å². The minimum atomic E-state index is -4.60. The zero-order valence-electron chi connectivity index (χ0n) is 54.1. The van der Waals surface area contributed by atoms with E-state index in [1.165, 1.54) is 26.6 Å². The number of alkyl carbamates (subject to hydrolysis) is 1. The SMILES string of the molecule is CCCCOC(=O)[C@@H](CNC(=O)c1cc2nccc(C(F)(F)F)c2s1)NC(=O)OCc1ccccc1.Clc1ccnc2ccsc12.FC(F)(F)c1ccnc2ccsc12.Ic1ccnc2ccsc12.N[C@H](CNC(=O)c1cc2nccc(C(F)(F)F)c2s1)C(=O)O.O=C(O)c1cc2nccc(C(F)(F)F)c2s1. The molecule has 0 radical (unpaired) electrons. The Hall–Kier alpha value is -9.36. The molecule has 12 aromatic heterocycles. The number of carbonyl (C=O) groups excluding carboxylic acids is 4. The summed E-state index contributed by atoms with van der Waals surface area (Å²) in [5.41, 5.74) is 5.37. The molecular weight excluding hydrogens is 1690 g/mol. The molecule has 13 rings (SSSR count). The molecule has 0 aliphatic carbocycles. The van der Waals surface area contributed by atoms with Crippen molar-refractivity contribution in [1.82, 2.24) is 45.9 Å². The number of esters is 1. The Morgan fingerprint density at radius 3 is 1.36 bits per heavy atom. The number of rotatable bonds is 15. The molecule has 0 unspecified atom stereocenters. The van der Waals surface area contributed by atoms with E-state index >= 15 is 0 Å². The third-order valence-corrected chi connectivity index (χ3v) is 21.8. The maximum atomic E-state index is 13.3. The Balaban J connectivity index is 0.000000173. The Labute approximate surface area is 637 Å². The van der Waals surface area contributed by atoms with Gasteiger partial charge in [0.2, 0.25) is 0 Å². The number of halogens is 14. The third-order valence-electron chi connectivity index (χ3n) is 13.8. The number of pyridine rings is 6. The summed E-state index contributed by atoms with van der Waals surface area (Å²) >= 11 is 14.5. The number of aliphatic carboxylic acids is 1. The number of hydrogen-bond acceptors (Lipinski definition) is 21. The number of aromatic carboxylic acids is 1. The van der Waals surface area contributed by atoms with Gasteiger partial charge in [0.1, 0.15) is 23.6 Å². The third kappa shape index (κ3) is 23.3. The molecule has 12 heterocycles. The summed E-state index contributed by atoms with van der Waals surface area (Å²) in [6.45, 7) is 1.31. The van der Waals surface area contributed by atoms with Crippen molar-refractivity contribution in [2.45, 2.75) is 63.2 Å². The summed E-state index contributed by atoms with van der Waals surface area (Å²) in [4.78, 5) is 93.8. The normalized spacial score (nSPS) is 12.0. The van der Waals surface area contributed by atoms with Crippen molar-refractivity contribution in [1.29, 1.82) is 0 Å². The molecule has 562 valence electrons. The second-order valence-electron chi connectivity index (χ2n) is 21.3. The van der Waals surface area contributed by atoms with Gasteiger partial charge in [-0.2, -0.15) is 52.7 Å². The average Bonchev–Trinajstić information content (AvgIpc) is 1.68. The zero-order valence-corrected chi connectivity index (χ0v) is 61.9. The van der Waals surface area contributed by atoms with Gasteiger partial charge in [-0.05, 0) is 124 Å². The maximum Gasteiger partial charge on any atom is 0.417 e. The van der Waals surface area contributed by atoms with Crippen molar-refractivity contribution in [2.24, 2.45) is 5.73 Å². The van der Waals surface area contributed by atoms with Crippen molar-refractivity contribution in [3.8, 4) is 0 Å². The molecule has 0 fully saturated rings. The minimum Gasteiger partial charge on any atom is -0.480 e. The minimum absolute atomic E-state index is 0.00297. The highest BCUT2D eigenvalue weighted by Crippen LogP contribution is 2.41. The highest BCUT2D eigenvalue weighted by molar-refractivity contribution is 14.1. The largest absolute Gasteiger partial charge is 0.480 e. The number of hydrogen-bond donors (Lipinski definition) is 6. The van der Waals surface area contributed by atoms with E-state index in [1.807, 2.05) is 42.8 Å². The number of carboxylic acid groups (broad SMARTS) is 2. The number of carboxylic acids is 2. The van der Waals surface area contributed by atoms with Crippen LogP contribution in [0.5, 0.6) is 0 Å². The number of fused-ring (bicyclic) bond motifs is 6. The molecule has 0 saturated carbocycles. The summed E-state index contributed by atoms with van der Waals surface area (Å²) in [6.07, 6.45) is -9.65. The quantitative estimate of drug-likeness (QED) is 0.0240. The lowest BCUT2D eigenvalue weighted by Crippen LogP contribution is -2.49. The fraction of sp³-hybridized carbons (Fsp3) is 0.194. The molecule has 13 aromatic rings. The second kappa shape index (κ2) is 37.4.